The van der Waals surface area contributed by atoms with Gasteiger partial charge in [-0.1, -0.05) is 43.3 Å². The molecule has 0 heterocycles. The molecular weight excluding hydrogens is 286 g/mol. The van der Waals surface area contributed by atoms with Gasteiger partial charge < -0.3 is 0 Å². The fourth-order valence-electron chi connectivity index (χ4n) is 2.81. The average molecular weight is 301 g/mol. The Labute approximate surface area is 123 Å². The maximum atomic E-state index is 12.0. The minimum absolute atomic E-state index is 0.0104. The van der Waals surface area contributed by atoms with Crippen LogP contribution in [0.3, 0.4) is 0 Å². The summed E-state index contributed by atoms with van der Waals surface area (Å²) < 4.78 is 23.4. The van der Waals surface area contributed by atoms with Gasteiger partial charge >= 0.3 is 0 Å². The quantitative estimate of drug-likeness (QED) is 0.925. The number of nitrogens with two attached hydrogens (primary N) is 1. The van der Waals surface area contributed by atoms with Crippen molar-refractivity contribution in [1.82, 2.24) is 0 Å². The Morgan fingerprint density at radius 1 is 1.10 bits per heavy atom. The van der Waals surface area contributed by atoms with Crippen molar-refractivity contribution in [3.05, 3.63) is 53.6 Å². The molecule has 1 aliphatic carbocycles. The van der Waals surface area contributed by atoms with Gasteiger partial charge in [-0.05, 0) is 23.6 Å². The van der Waals surface area contributed by atoms with Crippen molar-refractivity contribution in [3.63, 3.8) is 0 Å². The summed E-state index contributed by atoms with van der Waals surface area (Å²) in [5.74, 6) is 0.139. The second kappa shape index (κ2) is 4.79. The van der Waals surface area contributed by atoms with E-state index in [4.69, 9.17) is 5.14 Å². The van der Waals surface area contributed by atoms with E-state index in [-0.39, 0.29) is 16.6 Å². The number of rotatable bonds is 2. The lowest BCUT2D eigenvalue weighted by atomic mass is 10.0. The zero-order valence-corrected chi connectivity index (χ0v) is 12.4. The molecule has 2 N–H and O–H groups in total. The van der Waals surface area contributed by atoms with Crippen LogP contribution < -0.4 is 5.14 Å². The SMILES string of the molecule is CC1Cc2cc(-c3ccccc3S(N)(=O)=O)ccc2C1=O. The lowest BCUT2D eigenvalue weighted by Crippen LogP contribution is -2.13. The second-order valence-corrected chi connectivity index (χ2v) is 6.91. The van der Waals surface area contributed by atoms with Gasteiger partial charge in [0.1, 0.15) is 0 Å². The van der Waals surface area contributed by atoms with Crippen LogP contribution in [0.15, 0.2) is 47.4 Å². The molecule has 0 fully saturated rings. The summed E-state index contributed by atoms with van der Waals surface area (Å²) in [5, 5.41) is 5.27. The van der Waals surface area contributed by atoms with E-state index in [1.165, 1.54) is 6.07 Å². The second-order valence-electron chi connectivity index (χ2n) is 5.38. The summed E-state index contributed by atoms with van der Waals surface area (Å²) in [6.45, 7) is 1.90. The van der Waals surface area contributed by atoms with Gasteiger partial charge in [-0.2, -0.15) is 0 Å². The van der Waals surface area contributed by atoms with Crippen molar-refractivity contribution in [2.75, 3.05) is 0 Å². The molecule has 2 aromatic rings. The summed E-state index contributed by atoms with van der Waals surface area (Å²) in [6.07, 6.45) is 0.694. The Balaban J connectivity index is 2.17. The molecule has 0 amide bonds. The van der Waals surface area contributed by atoms with Crippen molar-refractivity contribution in [1.29, 1.82) is 0 Å². The number of hydrogen-bond acceptors (Lipinski definition) is 3. The van der Waals surface area contributed by atoms with Crippen LogP contribution in [0.25, 0.3) is 11.1 Å². The number of benzene rings is 2. The maximum Gasteiger partial charge on any atom is 0.238 e. The van der Waals surface area contributed by atoms with Crippen LogP contribution in [0.4, 0.5) is 0 Å². The maximum absolute atomic E-state index is 12.0. The first-order chi connectivity index (χ1) is 9.88. The number of ketones is 1. The first kappa shape index (κ1) is 14.0. The number of sulfonamides is 1. The molecule has 0 aliphatic heterocycles. The van der Waals surface area contributed by atoms with E-state index in [0.717, 1.165) is 16.7 Å². The van der Waals surface area contributed by atoms with E-state index < -0.39 is 10.0 Å². The Kier molecular flexibility index (Phi) is 3.19. The summed E-state index contributed by atoms with van der Waals surface area (Å²) in [4.78, 5) is 12.1. The van der Waals surface area contributed by atoms with Gasteiger partial charge in [-0.25, -0.2) is 13.6 Å². The van der Waals surface area contributed by atoms with E-state index in [2.05, 4.69) is 0 Å². The Morgan fingerprint density at radius 2 is 1.81 bits per heavy atom. The molecule has 108 valence electrons. The van der Waals surface area contributed by atoms with Crippen molar-refractivity contribution in [2.24, 2.45) is 11.1 Å². The van der Waals surface area contributed by atoms with Crippen molar-refractivity contribution < 1.29 is 13.2 Å². The van der Waals surface area contributed by atoms with Gasteiger partial charge in [-0.15, -0.1) is 0 Å². The number of primary sulfonamides is 1. The highest BCUT2D eigenvalue weighted by molar-refractivity contribution is 7.89. The topological polar surface area (TPSA) is 77.2 Å². The monoisotopic (exact) mass is 301 g/mol. The average Bonchev–Trinajstić information content (AvgIpc) is 2.73. The Morgan fingerprint density at radius 3 is 2.52 bits per heavy atom. The highest BCUT2D eigenvalue weighted by Gasteiger charge is 2.27. The first-order valence-corrected chi connectivity index (χ1v) is 8.22. The molecule has 0 spiro atoms. The molecular formula is C16H15NO3S. The number of fused-ring (bicyclic) bond motifs is 1. The van der Waals surface area contributed by atoms with Crippen molar-refractivity contribution in [2.45, 2.75) is 18.2 Å². The zero-order chi connectivity index (χ0) is 15.2. The minimum Gasteiger partial charge on any atom is -0.294 e. The first-order valence-electron chi connectivity index (χ1n) is 6.67. The fourth-order valence-corrected chi connectivity index (χ4v) is 3.57. The van der Waals surface area contributed by atoms with E-state index in [9.17, 15) is 13.2 Å². The van der Waals surface area contributed by atoms with E-state index in [1.807, 2.05) is 13.0 Å². The Bertz CT molecular complexity index is 840. The van der Waals surface area contributed by atoms with E-state index in [0.29, 0.717) is 12.0 Å². The number of carbonyl (C=O) groups is 1. The molecule has 0 radical (unpaired) electrons. The molecule has 1 unspecified atom stereocenters. The third-order valence-corrected chi connectivity index (χ3v) is 4.82. The zero-order valence-electron chi connectivity index (χ0n) is 11.5. The molecule has 2 aromatic carbocycles. The number of carbonyl (C=O) groups excluding carboxylic acids is 1. The third-order valence-electron chi connectivity index (χ3n) is 3.85. The standard InChI is InChI=1S/C16H15NO3S/c1-10-8-12-9-11(6-7-14(12)16(10)18)13-4-2-3-5-15(13)21(17,19)20/h2-7,9-10H,8H2,1H3,(H2,17,19,20). The largest absolute Gasteiger partial charge is 0.294 e. The molecule has 0 bridgehead atoms. The van der Waals surface area contributed by atoms with E-state index in [1.54, 1.807) is 30.3 Å². The number of hydrogen-bond donors (Lipinski definition) is 1. The van der Waals surface area contributed by atoms with Crippen LogP contribution in [-0.2, 0) is 16.4 Å². The van der Waals surface area contributed by atoms with Crippen molar-refractivity contribution in [3.8, 4) is 11.1 Å². The van der Waals surface area contributed by atoms with Crippen LogP contribution in [0, 0.1) is 5.92 Å². The molecule has 5 heteroatoms. The molecule has 0 saturated carbocycles. The van der Waals surface area contributed by atoms with Crippen LogP contribution in [0.5, 0.6) is 0 Å². The van der Waals surface area contributed by atoms with Crippen LogP contribution in [0.2, 0.25) is 0 Å². The number of Topliss-reactive ketones (excluding diaryl/α,β-unsaturated/α-hetero) is 1. The molecule has 1 aliphatic rings. The predicted molar refractivity (Wildman–Crippen MR) is 80.4 cm³/mol. The van der Waals surface area contributed by atoms with E-state index >= 15 is 0 Å². The summed E-state index contributed by atoms with van der Waals surface area (Å²) in [7, 11) is -3.78. The van der Waals surface area contributed by atoms with Gasteiger partial charge in [0.15, 0.2) is 5.78 Å². The molecule has 0 aromatic heterocycles. The van der Waals surface area contributed by atoms with Gasteiger partial charge in [0.25, 0.3) is 0 Å². The van der Waals surface area contributed by atoms with Crippen LogP contribution in [-0.4, -0.2) is 14.2 Å². The van der Waals surface area contributed by atoms with Gasteiger partial charge in [0.2, 0.25) is 10.0 Å². The highest BCUT2D eigenvalue weighted by Crippen LogP contribution is 2.33. The lowest BCUT2D eigenvalue weighted by molar-refractivity contribution is 0.0946. The molecule has 4 nitrogen and oxygen atoms in total. The molecule has 1 atom stereocenters. The van der Waals surface area contributed by atoms with Crippen molar-refractivity contribution >= 4 is 15.8 Å². The summed E-state index contributed by atoms with van der Waals surface area (Å²) >= 11 is 0. The fraction of sp³-hybridized carbons (Fsp3) is 0.188. The minimum atomic E-state index is -3.78. The lowest BCUT2D eigenvalue weighted by Gasteiger charge is -2.09. The predicted octanol–water partition coefficient (Wildman–Crippen LogP) is 2.38. The summed E-state index contributed by atoms with van der Waals surface area (Å²) in [6, 6.07) is 12.1. The van der Waals surface area contributed by atoms with Crippen LogP contribution >= 0.6 is 0 Å². The summed E-state index contributed by atoms with van der Waals surface area (Å²) in [5.41, 5.74) is 3.03. The van der Waals surface area contributed by atoms with Crippen LogP contribution in [0.1, 0.15) is 22.8 Å². The molecule has 3 rings (SSSR count). The van der Waals surface area contributed by atoms with Gasteiger partial charge in [0, 0.05) is 17.0 Å². The normalized spacial score (nSPS) is 17.8. The third kappa shape index (κ3) is 2.39. The van der Waals surface area contributed by atoms with Gasteiger partial charge in [-0.3, -0.25) is 4.79 Å². The molecule has 21 heavy (non-hydrogen) atoms. The molecule has 0 saturated heterocycles. The van der Waals surface area contributed by atoms with Gasteiger partial charge in [0.05, 0.1) is 4.90 Å². The highest BCUT2D eigenvalue weighted by atomic mass is 32.2. The Hall–Kier alpha value is -1.98. The smallest absolute Gasteiger partial charge is 0.238 e.